The third-order valence-electron chi connectivity index (χ3n) is 2.55. The van der Waals surface area contributed by atoms with Crippen LogP contribution in [0.15, 0.2) is 0 Å². The van der Waals surface area contributed by atoms with E-state index in [1.54, 1.807) is 11.5 Å². The maximum Gasteiger partial charge on any atom is 0.0803 e. The first-order valence-corrected chi connectivity index (χ1v) is 7.00. The van der Waals surface area contributed by atoms with Crippen LogP contribution in [-0.2, 0) is 6.42 Å². The lowest BCUT2D eigenvalue weighted by Gasteiger charge is -2.18. The molecule has 4 heteroatoms. The van der Waals surface area contributed by atoms with Gasteiger partial charge in [0.15, 0.2) is 0 Å². The maximum atomic E-state index is 4.24. The summed E-state index contributed by atoms with van der Waals surface area (Å²) < 4.78 is 4.10. The van der Waals surface area contributed by atoms with Gasteiger partial charge in [0.1, 0.15) is 0 Å². The van der Waals surface area contributed by atoms with Crippen molar-refractivity contribution in [2.45, 2.75) is 53.0 Å². The van der Waals surface area contributed by atoms with E-state index in [0.29, 0.717) is 12.0 Å². The molecular formula is C12H23N3S. The van der Waals surface area contributed by atoms with Crippen molar-refractivity contribution < 1.29 is 0 Å². The molecule has 1 aromatic rings. The van der Waals surface area contributed by atoms with Crippen molar-refractivity contribution in [3.05, 3.63) is 10.6 Å². The Kier molecular flexibility index (Phi) is 5.91. The van der Waals surface area contributed by atoms with Crippen LogP contribution >= 0.6 is 11.5 Å². The Morgan fingerprint density at radius 3 is 2.62 bits per heavy atom. The van der Waals surface area contributed by atoms with Gasteiger partial charge in [-0.25, -0.2) is 0 Å². The number of rotatable bonds is 7. The Labute approximate surface area is 103 Å². The van der Waals surface area contributed by atoms with Crippen LogP contribution in [0.3, 0.4) is 0 Å². The van der Waals surface area contributed by atoms with Gasteiger partial charge in [-0.05, 0) is 36.8 Å². The molecular weight excluding hydrogens is 218 g/mol. The summed E-state index contributed by atoms with van der Waals surface area (Å²) in [6.07, 6.45) is 3.35. The van der Waals surface area contributed by atoms with E-state index >= 15 is 0 Å². The second kappa shape index (κ2) is 6.97. The highest BCUT2D eigenvalue weighted by Crippen LogP contribution is 2.26. The molecule has 3 nitrogen and oxygen atoms in total. The molecule has 0 spiro atoms. The van der Waals surface area contributed by atoms with Gasteiger partial charge in [-0.3, -0.25) is 0 Å². The second-order valence-corrected chi connectivity index (χ2v) is 5.36. The smallest absolute Gasteiger partial charge is 0.0803 e. The number of aromatic nitrogens is 2. The van der Waals surface area contributed by atoms with Gasteiger partial charge >= 0.3 is 0 Å². The lowest BCUT2D eigenvalue weighted by Crippen LogP contribution is -2.22. The van der Waals surface area contributed by atoms with Gasteiger partial charge in [0.25, 0.3) is 0 Å². The van der Waals surface area contributed by atoms with Crippen molar-refractivity contribution in [3.63, 3.8) is 0 Å². The van der Waals surface area contributed by atoms with Crippen LogP contribution in [0.4, 0.5) is 0 Å². The number of nitrogens with one attached hydrogen (secondary N) is 1. The first-order valence-electron chi connectivity index (χ1n) is 6.23. The molecule has 0 aliphatic rings. The van der Waals surface area contributed by atoms with Gasteiger partial charge in [-0.2, -0.15) is 0 Å². The molecule has 1 N–H and O–H groups in total. The predicted molar refractivity (Wildman–Crippen MR) is 69.8 cm³/mol. The van der Waals surface area contributed by atoms with E-state index in [-0.39, 0.29) is 0 Å². The Bertz CT molecular complexity index is 296. The molecule has 0 saturated heterocycles. The predicted octanol–water partition coefficient (Wildman–Crippen LogP) is 3.19. The van der Waals surface area contributed by atoms with Gasteiger partial charge in [0, 0.05) is 6.04 Å². The second-order valence-electron chi connectivity index (χ2n) is 4.57. The lowest BCUT2D eigenvalue weighted by molar-refractivity contribution is 0.441. The molecule has 92 valence electrons. The van der Waals surface area contributed by atoms with E-state index in [0.717, 1.165) is 25.8 Å². The van der Waals surface area contributed by atoms with E-state index in [9.17, 15) is 0 Å². The van der Waals surface area contributed by atoms with Crippen LogP contribution in [0.2, 0.25) is 0 Å². The molecule has 1 unspecified atom stereocenters. The van der Waals surface area contributed by atoms with Gasteiger partial charge in [0.05, 0.1) is 10.6 Å². The Morgan fingerprint density at radius 2 is 2.06 bits per heavy atom. The van der Waals surface area contributed by atoms with Crippen molar-refractivity contribution in [3.8, 4) is 0 Å². The molecule has 1 heterocycles. The summed E-state index contributed by atoms with van der Waals surface area (Å²) in [5.41, 5.74) is 1.19. The Morgan fingerprint density at radius 1 is 1.31 bits per heavy atom. The van der Waals surface area contributed by atoms with E-state index in [4.69, 9.17) is 0 Å². The number of aryl methyl sites for hydroxylation is 1. The van der Waals surface area contributed by atoms with Gasteiger partial charge in [0.2, 0.25) is 0 Å². The van der Waals surface area contributed by atoms with Crippen LogP contribution < -0.4 is 5.32 Å². The summed E-state index contributed by atoms with van der Waals surface area (Å²) in [7, 11) is 0. The van der Waals surface area contributed by atoms with Gasteiger partial charge in [-0.15, -0.1) is 5.10 Å². The fourth-order valence-corrected chi connectivity index (χ4v) is 2.67. The van der Waals surface area contributed by atoms with Crippen LogP contribution in [0.25, 0.3) is 0 Å². The average molecular weight is 241 g/mol. The monoisotopic (exact) mass is 241 g/mol. The summed E-state index contributed by atoms with van der Waals surface area (Å²) in [6.45, 7) is 9.87. The molecule has 0 radical (unpaired) electrons. The van der Waals surface area contributed by atoms with E-state index < -0.39 is 0 Å². The quantitative estimate of drug-likeness (QED) is 0.796. The van der Waals surface area contributed by atoms with Crippen LogP contribution in [-0.4, -0.2) is 16.1 Å². The minimum Gasteiger partial charge on any atom is -0.309 e. The average Bonchev–Trinajstić information content (AvgIpc) is 2.65. The minimum absolute atomic E-state index is 0.437. The fraction of sp³-hybridized carbons (Fsp3) is 0.833. The summed E-state index contributed by atoms with van der Waals surface area (Å²) in [4.78, 5) is 1.34. The molecule has 0 fully saturated rings. The summed E-state index contributed by atoms with van der Waals surface area (Å²) in [5.74, 6) is 0.695. The highest BCUT2D eigenvalue weighted by molar-refractivity contribution is 7.05. The molecule has 0 saturated carbocycles. The molecule has 0 amide bonds. The van der Waals surface area contributed by atoms with Crippen LogP contribution in [0, 0.1) is 5.92 Å². The molecule has 0 aromatic carbocycles. The van der Waals surface area contributed by atoms with Crippen molar-refractivity contribution in [2.75, 3.05) is 6.54 Å². The molecule has 1 rings (SSSR count). The van der Waals surface area contributed by atoms with Crippen molar-refractivity contribution in [2.24, 2.45) is 5.92 Å². The molecule has 1 aromatic heterocycles. The van der Waals surface area contributed by atoms with Crippen molar-refractivity contribution in [1.29, 1.82) is 0 Å². The first kappa shape index (κ1) is 13.6. The van der Waals surface area contributed by atoms with Crippen molar-refractivity contribution in [1.82, 2.24) is 14.9 Å². The minimum atomic E-state index is 0.437. The third-order valence-corrected chi connectivity index (χ3v) is 3.43. The topological polar surface area (TPSA) is 37.8 Å². The van der Waals surface area contributed by atoms with Crippen LogP contribution in [0.5, 0.6) is 0 Å². The zero-order valence-electron chi connectivity index (χ0n) is 10.8. The van der Waals surface area contributed by atoms with E-state index in [1.807, 2.05) is 0 Å². The zero-order chi connectivity index (χ0) is 12.0. The lowest BCUT2D eigenvalue weighted by atomic mass is 10.0. The Balaban J connectivity index is 2.78. The SMILES string of the molecule is CCCc1nnsc1C(CC(C)C)NCC. The molecule has 16 heavy (non-hydrogen) atoms. The highest BCUT2D eigenvalue weighted by atomic mass is 32.1. The highest BCUT2D eigenvalue weighted by Gasteiger charge is 2.18. The summed E-state index contributed by atoms with van der Waals surface area (Å²) in [5, 5.41) is 7.79. The molecule has 0 aliphatic heterocycles. The summed E-state index contributed by atoms with van der Waals surface area (Å²) in [6, 6.07) is 0.437. The number of hydrogen-bond donors (Lipinski definition) is 1. The maximum absolute atomic E-state index is 4.24. The van der Waals surface area contributed by atoms with Crippen LogP contribution in [0.1, 0.15) is 57.1 Å². The van der Waals surface area contributed by atoms with Gasteiger partial charge in [-0.1, -0.05) is 38.6 Å². The number of nitrogens with zero attached hydrogens (tertiary/aromatic N) is 2. The molecule has 0 aliphatic carbocycles. The first-order chi connectivity index (χ1) is 7.69. The normalized spacial score (nSPS) is 13.3. The number of hydrogen-bond acceptors (Lipinski definition) is 4. The largest absolute Gasteiger partial charge is 0.309 e. The summed E-state index contributed by atoms with van der Waals surface area (Å²) >= 11 is 1.56. The standard InChI is InChI=1S/C12H23N3S/c1-5-7-10-12(16-15-14-10)11(13-6-2)8-9(3)4/h9,11,13H,5-8H2,1-4H3. The zero-order valence-corrected chi connectivity index (χ0v) is 11.6. The van der Waals surface area contributed by atoms with E-state index in [1.165, 1.54) is 10.6 Å². The van der Waals surface area contributed by atoms with Gasteiger partial charge < -0.3 is 5.32 Å². The third kappa shape index (κ3) is 3.83. The Hall–Kier alpha value is -0.480. The van der Waals surface area contributed by atoms with Crippen molar-refractivity contribution >= 4 is 11.5 Å². The fourth-order valence-electron chi connectivity index (χ4n) is 1.89. The molecule has 0 bridgehead atoms. The van der Waals surface area contributed by atoms with E-state index in [2.05, 4.69) is 42.6 Å². The molecule has 1 atom stereocenters.